The summed E-state index contributed by atoms with van der Waals surface area (Å²) in [6.45, 7) is 0. The molecule has 0 aliphatic carbocycles. The molecule has 0 atom stereocenters. The summed E-state index contributed by atoms with van der Waals surface area (Å²) in [5, 5.41) is 0. The lowest BCUT2D eigenvalue weighted by Gasteiger charge is -2.03. The molecular formula is C10H13BrN2O. The molecule has 0 radical (unpaired) electrons. The predicted molar refractivity (Wildman–Crippen MR) is 59.7 cm³/mol. The first-order chi connectivity index (χ1) is 6.72. The van der Waals surface area contributed by atoms with Crippen LogP contribution in [0, 0.1) is 0 Å². The predicted octanol–water partition coefficient (Wildman–Crippen LogP) is 1.63. The van der Waals surface area contributed by atoms with Crippen molar-refractivity contribution in [2.75, 3.05) is 7.05 Å². The normalized spacial score (nSPS) is 9.86. The van der Waals surface area contributed by atoms with Gasteiger partial charge >= 0.3 is 0 Å². The van der Waals surface area contributed by atoms with E-state index in [9.17, 15) is 4.79 Å². The zero-order chi connectivity index (χ0) is 10.4. The number of nitrogens with one attached hydrogen (secondary N) is 2. The van der Waals surface area contributed by atoms with E-state index in [2.05, 4.69) is 26.8 Å². The van der Waals surface area contributed by atoms with Crippen molar-refractivity contribution in [3.8, 4) is 0 Å². The average Bonchev–Trinajstić information content (AvgIpc) is 2.15. The van der Waals surface area contributed by atoms with Crippen LogP contribution in [0.25, 0.3) is 0 Å². The molecule has 2 N–H and O–H groups in total. The standard InChI is InChI=1S/C10H13BrN2O/c1-12-13-10(14)6-5-8-3-2-4-9(11)7-8/h2-4,7,12H,5-6H2,1H3,(H,13,14). The quantitative estimate of drug-likeness (QED) is 0.805. The minimum atomic E-state index is 0.00692. The Kier molecular flexibility index (Phi) is 4.62. The van der Waals surface area contributed by atoms with Gasteiger partial charge in [0.2, 0.25) is 5.91 Å². The molecule has 0 bridgehead atoms. The number of amides is 1. The van der Waals surface area contributed by atoms with Gasteiger partial charge < -0.3 is 0 Å². The van der Waals surface area contributed by atoms with Gasteiger partial charge in [-0.1, -0.05) is 28.1 Å². The fourth-order valence-electron chi connectivity index (χ4n) is 1.15. The van der Waals surface area contributed by atoms with E-state index in [0.717, 1.165) is 16.5 Å². The molecule has 0 heterocycles. The summed E-state index contributed by atoms with van der Waals surface area (Å²) in [5.74, 6) is 0.00692. The van der Waals surface area contributed by atoms with E-state index in [1.807, 2.05) is 24.3 Å². The Bertz CT molecular complexity index is 315. The first-order valence-corrected chi connectivity index (χ1v) is 5.21. The molecule has 0 aliphatic rings. The van der Waals surface area contributed by atoms with Gasteiger partial charge in [-0.05, 0) is 24.1 Å². The average molecular weight is 257 g/mol. The van der Waals surface area contributed by atoms with Crippen molar-refractivity contribution in [2.45, 2.75) is 12.8 Å². The number of hydrogen-bond donors (Lipinski definition) is 2. The number of carbonyl (C=O) groups excluding carboxylic acids is 1. The fourth-order valence-corrected chi connectivity index (χ4v) is 1.60. The van der Waals surface area contributed by atoms with Crippen molar-refractivity contribution in [3.05, 3.63) is 34.3 Å². The number of benzene rings is 1. The Morgan fingerprint density at radius 3 is 2.93 bits per heavy atom. The Hall–Kier alpha value is -0.870. The summed E-state index contributed by atoms with van der Waals surface area (Å²) in [4.78, 5) is 11.1. The van der Waals surface area contributed by atoms with E-state index in [0.29, 0.717) is 6.42 Å². The maximum absolute atomic E-state index is 11.1. The first kappa shape index (κ1) is 11.2. The monoisotopic (exact) mass is 256 g/mol. The minimum absolute atomic E-state index is 0.00692. The van der Waals surface area contributed by atoms with Crippen molar-refractivity contribution < 1.29 is 4.79 Å². The summed E-state index contributed by atoms with van der Waals surface area (Å²) in [6.07, 6.45) is 1.25. The van der Waals surface area contributed by atoms with Crippen LogP contribution >= 0.6 is 15.9 Å². The molecule has 0 spiro atoms. The lowest BCUT2D eigenvalue weighted by molar-refractivity contribution is -0.121. The minimum Gasteiger partial charge on any atom is -0.292 e. The Morgan fingerprint density at radius 1 is 1.50 bits per heavy atom. The largest absolute Gasteiger partial charge is 0.292 e. The third kappa shape index (κ3) is 3.89. The van der Waals surface area contributed by atoms with E-state index in [1.54, 1.807) is 7.05 Å². The number of hydrogen-bond acceptors (Lipinski definition) is 2. The molecule has 3 nitrogen and oxygen atoms in total. The number of rotatable bonds is 4. The zero-order valence-electron chi connectivity index (χ0n) is 8.01. The molecule has 0 unspecified atom stereocenters. The van der Waals surface area contributed by atoms with Crippen LogP contribution in [0.5, 0.6) is 0 Å². The van der Waals surface area contributed by atoms with Crippen LogP contribution in [0.4, 0.5) is 0 Å². The maximum atomic E-state index is 11.1. The van der Waals surface area contributed by atoms with Crippen LogP contribution in [0.2, 0.25) is 0 Å². The molecule has 0 fully saturated rings. The lowest BCUT2D eigenvalue weighted by Crippen LogP contribution is -2.34. The van der Waals surface area contributed by atoms with E-state index in [-0.39, 0.29) is 5.91 Å². The second-order valence-electron chi connectivity index (χ2n) is 2.93. The topological polar surface area (TPSA) is 41.1 Å². The van der Waals surface area contributed by atoms with Crippen molar-refractivity contribution in [3.63, 3.8) is 0 Å². The van der Waals surface area contributed by atoms with Gasteiger partial charge in [0.05, 0.1) is 0 Å². The third-order valence-corrected chi connectivity index (χ3v) is 2.29. The molecule has 0 aromatic heterocycles. The fraction of sp³-hybridized carbons (Fsp3) is 0.300. The number of carbonyl (C=O) groups is 1. The van der Waals surface area contributed by atoms with Crippen molar-refractivity contribution >= 4 is 21.8 Å². The van der Waals surface area contributed by atoms with Crippen LogP contribution in [0.3, 0.4) is 0 Å². The van der Waals surface area contributed by atoms with Crippen LogP contribution in [0.1, 0.15) is 12.0 Å². The summed E-state index contributed by atoms with van der Waals surface area (Å²) < 4.78 is 1.05. The van der Waals surface area contributed by atoms with E-state index < -0.39 is 0 Å². The maximum Gasteiger partial charge on any atom is 0.234 e. The van der Waals surface area contributed by atoms with Crippen LogP contribution < -0.4 is 10.9 Å². The molecule has 4 heteroatoms. The zero-order valence-corrected chi connectivity index (χ0v) is 9.60. The van der Waals surface area contributed by atoms with Gasteiger partial charge in [-0.3, -0.25) is 10.2 Å². The molecule has 1 aromatic carbocycles. The molecule has 76 valence electrons. The number of aryl methyl sites for hydroxylation is 1. The van der Waals surface area contributed by atoms with E-state index in [4.69, 9.17) is 0 Å². The van der Waals surface area contributed by atoms with Crippen LogP contribution in [-0.2, 0) is 11.2 Å². The summed E-state index contributed by atoms with van der Waals surface area (Å²) >= 11 is 3.39. The number of hydrazine groups is 1. The van der Waals surface area contributed by atoms with Gasteiger partial charge in [-0.25, -0.2) is 5.43 Å². The SMILES string of the molecule is CNNC(=O)CCc1cccc(Br)c1. The molecule has 1 amide bonds. The summed E-state index contributed by atoms with van der Waals surface area (Å²) in [5.41, 5.74) is 6.29. The second-order valence-corrected chi connectivity index (χ2v) is 3.84. The Balaban J connectivity index is 2.41. The highest BCUT2D eigenvalue weighted by Crippen LogP contribution is 2.12. The smallest absolute Gasteiger partial charge is 0.234 e. The number of halogens is 1. The van der Waals surface area contributed by atoms with Gasteiger partial charge in [0.1, 0.15) is 0 Å². The molecular weight excluding hydrogens is 244 g/mol. The van der Waals surface area contributed by atoms with Crippen molar-refractivity contribution in [1.29, 1.82) is 0 Å². The lowest BCUT2D eigenvalue weighted by atomic mass is 10.1. The van der Waals surface area contributed by atoms with Gasteiger partial charge in [-0.15, -0.1) is 0 Å². The molecule has 1 aromatic rings. The van der Waals surface area contributed by atoms with E-state index >= 15 is 0 Å². The highest BCUT2D eigenvalue weighted by Gasteiger charge is 2.00. The molecule has 0 saturated carbocycles. The van der Waals surface area contributed by atoms with Crippen LogP contribution in [0.15, 0.2) is 28.7 Å². The second kappa shape index (κ2) is 5.78. The highest BCUT2D eigenvalue weighted by atomic mass is 79.9. The summed E-state index contributed by atoms with van der Waals surface area (Å²) in [7, 11) is 1.68. The molecule has 0 aliphatic heterocycles. The van der Waals surface area contributed by atoms with E-state index in [1.165, 1.54) is 0 Å². The van der Waals surface area contributed by atoms with Gasteiger partial charge in [0, 0.05) is 17.9 Å². The summed E-state index contributed by atoms with van der Waals surface area (Å²) in [6, 6.07) is 7.97. The molecule has 14 heavy (non-hydrogen) atoms. The Labute approximate surface area is 92.0 Å². The first-order valence-electron chi connectivity index (χ1n) is 4.42. The molecule has 1 rings (SSSR count). The van der Waals surface area contributed by atoms with Crippen LogP contribution in [-0.4, -0.2) is 13.0 Å². The van der Waals surface area contributed by atoms with Gasteiger partial charge in [0.15, 0.2) is 0 Å². The highest BCUT2D eigenvalue weighted by molar-refractivity contribution is 9.10. The van der Waals surface area contributed by atoms with Gasteiger partial charge in [0.25, 0.3) is 0 Å². The third-order valence-electron chi connectivity index (χ3n) is 1.79. The molecule has 0 saturated heterocycles. The van der Waals surface area contributed by atoms with Crippen molar-refractivity contribution in [1.82, 2.24) is 10.9 Å². The van der Waals surface area contributed by atoms with Gasteiger partial charge in [-0.2, -0.15) is 0 Å². The van der Waals surface area contributed by atoms with Crippen molar-refractivity contribution in [2.24, 2.45) is 0 Å². The Morgan fingerprint density at radius 2 is 2.29 bits per heavy atom.